The number of hydrogen-bond donors (Lipinski definition) is 10. The summed E-state index contributed by atoms with van der Waals surface area (Å²) in [6.45, 7) is 10.4. The summed E-state index contributed by atoms with van der Waals surface area (Å²) in [4.78, 5) is 154. The number of aryl methyl sites for hydroxylation is 1. The van der Waals surface area contributed by atoms with Gasteiger partial charge in [0.2, 0.25) is 43.3 Å². The van der Waals surface area contributed by atoms with Gasteiger partial charge in [-0.2, -0.15) is 34.5 Å². The molecule has 2 aromatic carbocycles. The Hall–Kier alpha value is -13.5. The Labute approximate surface area is 881 Å². The van der Waals surface area contributed by atoms with Crippen LogP contribution in [0.4, 0.5) is 115 Å². The van der Waals surface area contributed by atoms with Crippen LogP contribution in [0.1, 0.15) is 64.4 Å². The van der Waals surface area contributed by atoms with Gasteiger partial charge in [0.15, 0.2) is 23.2 Å². The molecule has 2 fully saturated rings. The number of hydrogen-bond acceptors (Lipinski definition) is 49. The van der Waals surface area contributed by atoms with E-state index >= 15 is 0 Å². The quantitative estimate of drug-likeness (QED) is 0.00466. The van der Waals surface area contributed by atoms with Crippen LogP contribution in [0, 0.1) is 34.6 Å². The number of nitrogens with two attached hydrogens (primary N) is 4. The number of piperazine rings is 2. The predicted octanol–water partition coefficient (Wildman–Crippen LogP) is 14.5. The molecule has 0 radical (unpaired) electrons. The summed E-state index contributed by atoms with van der Waals surface area (Å²) in [6, 6.07) is 22.8. The molecule has 0 unspecified atom stereocenters. The average Bonchev–Trinajstić information content (AvgIpc) is 1.68. The summed E-state index contributed by atoms with van der Waals surface area (Å²) >= 11 is 41.5. The fraction of sp³-hybridized carbons (Fsp3) is 0.212. The molecular formula is C85H86Cl6LiN28O17S6-. The van der Waals surface area contributed by atoms with Crippen molar-refractivity contribution in [2.45, 2.75) is 19.8 Å². The van der Waals surface area contributed by atoms with Crippen molar-refractivity contribution in [1.82, 2.24) is 69.6 Å². The van der Waals surface area contributed by atoms with Gasteiger partial charge in [-0.15, -0.1) is 68.0 Å². The molecule has 0 atom stereocenters. The van der Waals surface area contributed by atoms with Gasteiger partial charge in [0.25, 0.3) is 0 Å². The van der Waals surface area contributed by atoms with E-state index in [1.165, 1.54) is 89.6 Å². The molecule has 2 saturated heterocycles. The number of nitrogens with zero attached hydrogens (tertiary/aromatic N) is 18. The summed E-state index contributed by atoms with van der Waals surface area (Å²) in [6.07, 6.45) is 8.87. The number of ketones is 2. The van der Waals surface area contributed by atoms with Crippen LogP contribution in [0.2, 0.25) is 31.6 Å². The van der Waals surface area contributed by atoms with Crippen molar-refractivity contribution in [3.05, 3.63) is 242 Å². The zero-order valence-electron chi connectivity index (χ0n) is 77.0. The number of fused-ring (bicyclic) bond motifs is 4. The normalized spacial score (nSPS) is 12.2. The first kappa shape index (κ1) is 116. The first-order valence-corrected chi connectivity index (χ1v) is 47.7. The average molecular weight is 2180 g/mol. The summed E-state index contributed by atoms with van der Waals surface area (Å²) in [5.41, 5.74) is 32.0. The minimum absolute atomic E-state index is 0. The number of benzene rings is 2. The van der Waals surface area contributed by atoms with E-state index < -0.39 is 27.8 Å². The third-order valence-electron chi connectivity index (χ3n) is 19.3. The number of aromatic nitrogens is 12. The van der Waals surface area contributed by atoms with Crippen LogP contribution in [-0.4, -0.2) is 223 Å². The largest absolute Gasteiger partial charge is 1.00 e. The minimum atomic E-state index is -0.682. The maximum atomic E-state index is 12.4. The number of carbonyl (C=O) groups excluding carboxylic acids is 7. The molecule has 16 heterocycles. The van der Waals surface area contributed by atoms with Crippen molar-refractivity contribution in [2.75, 3.05) is 167 Å². The standard InChI is InChI=1S/C22H24N6O2S.C12H19N3O.C10H7ClN4O4S.2C10H9ClN4O2S.C10H6ClN3OS.C5H7NS.C4HCl2N3O2.CO2.CH3.Li.H2O/c1-27-6-8-28(9-7-27)15-3-4-16(19(12-15)30-2)25-22-23-13-14-11-18(29)20-17(5-10-31-20)24-21(14)26-22;1-14-5-7-15(8-6-14)10-3-4-11(13)12(9-10)16-2;1-19-9(16)7-5(2-3-20-7)13-8-6(15(17)18)4-12-10(11)14-8;2*1-17-9(16)7-6(2-3-18-7)14-8-5(12)4-13-10(11)15-8;11-10-12-4-5-3-7(15)8-6(1-2-16-8)13-9(5)14-10;1-4-5(6)2-3-7-4;5-3-2(9(10)11)1-7-4(6)8-3;2-1-3;;;/h3-5,10,12-13H,6-9,11H2,1-2H3,(H2,23,24,25,26);3-4,9H,5-8,13H2,1-2H3;2-4H,1H3,(H,12,13,14);2*2-4H,12H2,1H3,(H,13,14,15);1-2,4H,3H2,(H,12,13,14);2-3H,6H2,1H3;1H;;1H3;;1H2/q;;;;;;;;;-1;+1;/p-1. The van der Waals surface area contributed by atoms with E-state index in [1.807, 2.05) is 65.5 Å². The zero-order valence-corrected chi connectivity index (χ0v) is 86.4. The van der Waals surface area contributed by atoms with Gasteiger partial charge in [0.05, 0.1) is 119 Å². The maximum Gasteiger partial charge on any atom is 1.00 e. The number of nitrogens with one attached hydrogen (secondary N) is 6. The van der Waals surface area contributed by atoms with Crippen LogP contribution < -0.4 is 93.0 Å². The topological polar surface area (TPSA) is 626 Å². The van der Waals surface area contributed by atoms with E-state index in [-0.39, 0.29) is 103 Å². The van der Waals surface area contributed by atoms with E-state index in [0.717, 1.165) is 137 Å². The van der Waals surface area contributed by atoms with Crippen LogP contribution in [-0.2, 0) is 36.6 Å². The SMILES string of the molecule is COC(=O)c1sccc1Nc1nc(Cl)ncc1N.COC(=O)c1sccc1Nc1nc(Cl)ncc1N.COC(=O)c1sccc1Nc1nc(Cl)ncc1[N+](=O)[O-].COc1cc(N2CCN(C)CC2)ccc1N.COc1cc(N2CCN(C)CC2)ccc1Nc1ncc2c(n1)Nc1ccsc1C(=O)C2.Cc1sccc1N.O=C1Cc2cnc(Cl)nc2Nc2ccsc21.O=C=O.O=[N+]([O-])c1cnc(Cl)nc1Cl.[CH3-].[Li+].[OH-]. The molecule has 58 heteroatoms. The van der Waals surface area contributed by atoms with Gasteiger partial charge in [-0.3, -0.25) is 29.8 Å². The van der Waals surface area contributed by atoms with Crippen LogP contribution in [0.3, 0.4) is 0 Å². The van der Waals surface area contributed by atoms with Crippen LogP contribution in [0.25, 0.3) is 0 Å². The van der Waals surface area contributed by atoms with Crippen molar-refractivity contribution in [3.8, 4) is 11.5 Å². The molecule has 45 nitrogen and oxygen atoms in total. The molecule has 14 aromatic rings. The van der Waals surface area contributed by atoms with E-state index in [4.69, 9.17) is 112 Å². The number of Topliss-reactive ketones (excluding diaryl/α,β-unsaturated/α-hetero) is 2. The van der Waals surface area contributed by atoms with Crippen molar-refractivity contribution in [2.24, 2.45) is 0 Å². The molecule has 4 aliphatic rings. The maximum absolute atomic E-state index is 12.4. The number of nitro groups is 2. The number of carbonyl (C=O) groups is 5. The second kappa shape index (κ2) is 56.9. The molecule has 143 heavy (non-hydrogen) atoms. The van der Waals surface area contributed by atoms with Crippen LogP contribution in [0.15, 0.2) is 142 Å². The zero-order chi connectivity index (χ0) is 101. The Morgan fingerprint density at radius 3 is 1.24 bits per heavy atom. The van der Waals surface area contributed by atoms with Crippen LogP contribution in [0.5, 0.6) is 11.5 Å². The Morgan fingerprint density at radius 2 is 0.825 bits per heavy atom. The number of anilines is 18. The minimum Gasteiger partial charge on any atom is -0.870 e. The van der Waals surface area contributed by atoms with Gasteiger partial charge in [-0.05, 0) is 172 Å². The van der Waals surface area contributed by atoms with Crippen LogP contribution >= 0.6 is 138 Å². The van der Waals surface area contributed by atoms with Gasteiger partial charge >= 0.3 is 54.3 Å². The van der Waals surface area contributed by atoms with E-state index in [2.05, 4.69) is 152 Å². The fourth-order valence-corrected chi connectivity index (χ4v) is 17.6. The molecule has 15 N–H and O–H groups in total. The van der Waals surface area contributed by atoms with E-state index in [1.54, 1.807) is 72.3 Å². The Morgan fingerprint density at radius 1 is 0.448 bits per heavy atom. The summed E-state index contributed by atoms with van der Waals surface area (Å²) in [5, 5.41) is 50.0. The first-order chi connectivity index (χ1) is 67.1. The summed E-state index contributed by atoms with van der Waals surface area (Å²) in [5.74, 6) is 2.57. The molecule has 0 aliphatic carbocycles. The van der Waals surface area contributed by atoms with Gasteiger partial charge in [0, 0.05) is 123 Å². The number of methoxy groups -OCH3 is 5. The summed E-state index contributed by atoms with van der Waals surface area (Å²) < 4.78 is 24.8. The number of nitrogen functional groups attached to an aromatic ring is 4. The first-order valence-electron chi connectivity index (χ1n) is 40.1. The van der Waals surface area contributed by atoms with Gasteiger partial charge in [0.1, 0.15) is 50.2 Å². The summed E-state index contributed by atoms with van der Waals surface area (Å²) in [7, 11) is 11.5. The molecule has 0 bridgehead atoms. The van der Waals surface area contributed by atoms with Crippen molar-refractivity contribution >= 4 is 288 Å². The van der Waals surface area contributed by atoms with E-state index in [0.29, 0.717) is 85.9 Å². The van der Waals surface area contributed by atoms with Crippen molar-refractivity contribution < 1.29 is 91.4 Å². The number of ether oxygens (including phenoxy) is 5. The third-order valence-corrected chi connectivity index (χ3v) is 25.9. The Kier molecular flexibility index (Phi) is 46.4. The second-order valence-electron chi connectivity index (χ2n) is 28.3. The second-order valence-corrected chi connectivity index (χ2v) is 36.1. The van der Waals surface area contributed by atoms with Gasteiger partial charge in [-0.25, -0.2) is 49.3 Å². The van der Waals surface area contributed by atoms with Crippen molar-refractivity contribution in [1.29, 1.82) is 0 Å². The Bertz CT molecular complexity index is 6630. The van der Waals surface area contributed by atoms with Gasteiger partial charge < -0.3 is 111 Å². The molecule has 12 aromatic heterocycles. The Balaban J connectivity index is 0.000000226. The number of likely N-dealkylation sites (N-methyl/N-ethyl adjacent to an activating group) is 2. The smallest absolute Gasteiger partial charge is 0.870 e. The fourth-order valence-electron chi connectivity index (χ4n) is 12.2. The van der Waals surface area contributed by atoms with Crippen molar-refractivity contribution in [3.63, 3.8) is 0 Å². The molecule has 0 saturated carbocycles. The molecule has 0 amide bonds. The van der Waals surface area contributed by atoms with Gasteiger partial charge in [-0.1, -0.05) is 11.6 Å². The molecule has 0 spiro atoms. The number of halogens is 6. The monoisotopic (exact) mass is 2180 g/mol. The number of esters is 3. The number of thiophene rings is 6. The van der Waals surface area contributed by atoms with E-state index in [9.17, 15) is 44.2 Å². The predicted molar refractivity (Wildman–Crippen MR) is 552 cm³/mol. The number of rotatable bonds is 17. The third kappa shape index (κ3) is 33.3. The molecule has 18 rings (SSSR count). The molecule has 748 valence electrons. The molecular weight excluding hydrogens is 2100 g/mol. The molecule has 4 aliphatic heterocycles.